The van der Waals surface area contributed by atoms with Gasteiger partial charge in [-0.05, 0) is 54.5 Å². The lowest BCUT2D eigenvalue weighted by Crippen LogP contribution is -2.11. The summed E-state index contributed by atoms with van der Waals surface area (Å²) in [6, 6.07) is 12.0. The number of nitrogens with zero attached hydrogens (tertiary/aromatic N) is 1. The number of unbranched alkanes of at least 4 members (excludes halogenated alkanes) is 3. The van der Waals surface area contributed by atoms with Gasteiger partial charge in [0, 0.05) is 26.4 Å². The van der Waals surface area contributed by atoms with Crippen molar-refractivity contribution in [1.29, 1.82) is 0 Å². The van der Waals surface area contributed by atoms with Gasteiger partial charge in [0.15, 0.2) is 0 Å². The summed E-state index contributed by atoms with van der Waals surface area (Å²) in [5.74, 6) is 0.263. The van der Waals surface area contributed by atoms with Gasteiger partial charge in [-0.2, -0.15) is 0 Å². The second-order valence-corrected chi connectivity index (χ2v) is 11.3. The molecular formula is C27H35NOS2. The number of para-hydroxylation sites is 1. The Balaban J connectivity index is 1.97. The number of aromatic hydroxyl groups is 1. The van der Waals surface area contributed by atoms with E-state index in [4.69, 9.17) is 4.99 Å². The molecule has 0 aliphatic rings. The fourth-order valence-electron chi connectivity index (χ4n) is 3.72. The van der Waals surface area contributed by atoms with Gasteiger partial charge in [-0.3, -0.25) is 4.99 Å². The standard InChI is InChI=1S/C27H35NOS2/c1-6-8-9-10-13-19-16-24(31-26(19)27(3,4)5)25-22(17-21(7-2)30-25)28-18-20-14-11-12-15-23(20)29/h11-12,14-18,29H,6-10,13H2,1-5H3. The van der Waals surface area contributed by atoms with Gasteiger partial charge in [0.2, 0.25) is 0 Å². The van der Waals surface area contributed by atoms with Gasteiger partial charge in [-0.15, -0.1) is 22.7 Å². The minimum atomic E-state index is 0.146. The Kier molecular flexibility index (Phi) is 8.12. The van der Waals surface area contributed by atoms with Crippen LogP contribution in [0.1, 0.15) is 81.2 Å². The second-order valence-electron chi connectivity index (χ2n) is 9.12. The van der Waals surface area contributed by atoms with E-state index < -0.39 is 0 Å². The van der Waals surface area contributed by atoms with Crippen molar-refractivity contribution in [3.8, 4) is 15.5 Å². The summed E-state index contributed by atoms with van der Waals surface area (Å²) in [7, 11) is 0. The molecule has 3 rings (SSSR count). The molecule has 0 atom stereocenters. The van der Waals surface area contributed by atoms with E-state index >= 15 is 0 Å². The molecule has 0 unspecified atom stereocenters. The van der Waals surface area contributed by atoms with E-state index in [-0.39, 0.29) is 11.2 Å². The van der Waals surface area contributed by atoms with E-state index in [1.54, 1.807) is 12.3 Å². The van der Waals surface area contributed by atoms with Gasteiger partial charge in [0.1, 0.15) is 5.75 Å². The van der Waals surface area contributed by atoms with Crippen molar-refractivity contribution >= 4 is 34.6 Å². The van der Waals surface area contributed by atoms with E-state index in [2.05, 4.69) is 46.8 Å². The largest absolute Gasteiger partial charge is 0.507 e. The minimum Gasteiger partial charge on any atom is -0.507 e. The molecule has 0 saturated heterocycles. The molecule has 1 N–H and O–H groups in total. The molecule has 31 heavy (non-hydrogen) atoms. The maximum absolute atomic E-state index is 10.1. The summed E-state index contributed by atoms with van der Waals surface area (Å²) in [4.78, 5) is 10.2. The average molecular weight is 454 g/mol. The smallest absolute Gasteiger partial charge is 0.124 e. The zero-order valence-electron chi connectivity index (χ0n) is 19.5. The Labute approximate surface area is 195 Å². The highest BCUT2D eigenvalue weighted by atomic mass is 32.1. The maximum Gasteiger partial charge on any atom is 0.124 e. The zero-order chi connectivity index (χ0) is 22.4. The van der Waals surface area contributed by atoms with Crippen LogP contribution in [-0.2, 0) is 18.3 Å². The molecule has 166 valence electrons. The Morgan fingerprint density at radius 3 is 2.45 bits per heavy atom. The van der Waals surface area contributed by atoms with Crippen molar-refractivity contribution in [3.63, 3.8) is 0 Å². The molecular weight excluding hydrogens is 418 g/mol. The average Bonchev–Trinajstić information content (AvgIpc) is 3.34. The van der Waals surface area contributed by atoms with Gasteiger partial charge in [0.05, 0.1) is 10.6 Å². The number of thiophene rings is 2. The molecule has 0 amide bonds. The summed E-state index contributed by atoms with van der Waals surface area (Å²) in [6.45, 7) is 11.4. The first-order chi connectivity index (χ1) is 14.8. The quantitative estimate of drug-likeness (QED) is 0.254. The van der Waals surface area contributed by atoms with Crippen LogP contribution in [0.3, 0.4) is 0 Å². The number of aryl methyl sites for hydroxylation is 2. The van der Waals surface area contributed by atoms with Gasteiger partial charge < -0.3 is 5.11 Å². The number of phenolic OH excluding ortho intramolecular Hbond substituents is 1. The first-order valence-electron chi connectivity index (χ1n) is 11.4. The van der Waals surface area contributed by atoms with Crippen LogP contribution in [0.25, 0.3) is 9.75 Å². The Hall–Kier alpha value is -1.91. The van der Waals surface area contributed by atoms with E-state index in [9.17, 15) is 5.11 Å². The highest BCUT2D eigenvalue weighted by Crippen LogP contribution is 2.46. The zero-order valence-corrected chi connectivity index (χ0v) is 21.1. The van der Waals surface area contributed by atoms with Crippen LogP contribution in [0.4, 0.5) is 5.69 Å². The molecule has 0 fully saturated rings. The predicted molar refractivity (Wildman–Crippen MR) is 139 cm³/mol. The molecule has 0 aliphatic heterocycles. The highest BCUT2D eigenvalue weighted by Gasteiger charge is 2.23. The van der Waals surface area contributed by atoms with Crippen molar-refractivity contribution in [2.75, 3.05) is 0 Å². The van der Waals surface area contributed by atoms with Gasteiger partial charge in [0.25, 0.3) is 0 Å². The van der Waals surface area contributed by atoms with Crippen molar-refractivity contribution in [2.24, 2.45) is 4.99 Å². The van der Waals surface area contributed by atoms with E-state index in [1.807, 2.05) is 40.9 Å². The first kappa shape index (κ1) is 23.7. The molecule has 2 aromatic heterocycles. The molecule has 1 aromatic carbocycles. The normalized spacial score (nSPS) is 12.2. The van der Waals surface area contributed by atoms with Crippen molar-refractivity contribution in [3.05, 3.63) is 57.3 Å². The summed E-state index contributed by atoms with van der Waals surface area (Å²) >= 11 is 3.78. The lowest BCUT2D eigenvalue weighted by atomic mass is 9.90. The number of hydrogen-bond donors (Lipinski definition) is 1. The fraction of sp³-hybridized carbons (Fsp3) is 0.444. The van der Waals surface area contributed by atoms with E-state index in [0.29, 0.717) is 0 Å². The lowest BCUT2D eigenvalue weighted by Gasteiger charge is -2.19. The molecule has 0 aliphatic carbocycles. The monoisotopic (exact) mass is 453 g/mol. The van der Waals surface area contributed by atoms with Gasteiger partial charge in [-0.25, -0.2) is 0 Å². The molecule has 0 spiro atoms. The van der Waals surface area contributed by atoms with Crippen LogP contribution in [-0.4, -0.2) is 11.3 Å². The summed E-state index contributed by atoms with van der Waals surface area (Å²) in [5.41, 5.74) is 3.40. The first-order valence-corrected chi connectivity index (χ1v) is 13.0. The van der Waals surface area contributed by atoms with Crippen molar-refractivity contribution in [1.82, 2.24) is 0 Å². The Bertz CT molecular complexity index is 1020. The summed E-state index contributed by atoms with van der Waals surface area (Å²) < 4.78 is 0. The van der Waals surface area contributed by atoms with Crippen LogP contribution >= 0.6 is 22.7 Å². The highest BCUT2D eigenvalue weighted by molar-refractivity contribution is 7.22. The van der Waals surface area contributed by atoms with Crippen molar-refractivity contribution in [2.45, 2.75) is 78.6 Å². The molecule has 2 nitrogen and oxygen atoms in total. The third-order valence-corrected chi connectivity index (χ3v) is 8.46. The van der Waals surface area contributed by atoms with Crippen LogP contribution in [0.15, 0.2) is 41.4 Å². The molecule has 3 aromatic rings. The van der Waals surface area contributed by atoms with Gasteiger partial charge in [-0.1, -0.05) is 66.0 Å². The number of benzene rings is 1. The lowest BCUT2D eigenvalue weighted by molar-refractivity contribution is 0.474. The van der Waals surface area contributed by atoms with E-state index in [0.717, 1.165) is 24.1 Å². The molecule has 2 heterocycles. The summed E-state index contributed by atoms with van der Waals surface area (Å²) in [5, 5.41) is 10.1. The fourth-order valence-corrected chi connectivity index (χ4v) is 6.14. The minimum absolute atomic E-state index is 0.146. The van der Waals surface area contributed by atoms with Crippen LogP contribution in [0.5, 0.6) is 5.75 Å². The van der Waals surface area contributed by atoms with Crippen molar-refractivity contribution < 1.29 is 5.11 Å². The number of aliphatic imine (C=N–C) groups is 1. The van der Waals surface area contributed by atoms with Crippen LogP contribution < -0.4 is 0 Å². The maximum atomic E-state index is 10.1. The summed E-state index contributed by atoms with van der Waals surface area (Å²) in [6.07, 6.45) is 9.10. The number of rotatable bonds is 9. The SMILES string of the molecule is CCCCCCc1cc(-c2sc(CC)cc2N=Cc2ccccc2O)sc1C(C)(C)C. The van der Waals surface area contributed by atoms with Crippen LogP contribution in [0, 0.1) is 0 Å². The van der Waals surface area contributed by atoms with Crippen LogP contribution in [0.2, 0.25) is 0 Å². The third kappa shape index (κ3) is 6.08. The molecule has 0 radical (unpaired) electrons. The van der Waals surface area contributed by atoms with Gasteiger partial charge >= 0.3 is 0 Å². The number of phenols is 1. The predicted octanol–water partition coefficient (Wildman–Crippen LogP) is 8.92. The number of hydrogen-bond acceptors (Lipinski definition) is 4. The molecule has 4 heteroatoms. The second kappa shape index (κ2) is 10.6. The molecule has 0 saturated carbocycles. The molecule has 0 bridgehead atoms. The van der Waals surface area contributed by atoms with E-state index in [1.165, 1.54) is 50.8 Å². The Morgan fingerprint density at radius 2 is 1.77 bits per heavy atom. The third-order valence-electron chi connectivity index (χ3n) is 5.41. The Morgan fingerprint density at radius 1 is 1.00 bits per heavy atom. The topological polar surface area (TPSA) is 32.6 Å².